The third kappa shape index (κ3) is 11.6. The Morgan fingerprint density at radius 2 is 1.19 bits per heavy atom. The van der Waals surface area contributed by atoms with Crippen LogP contribution in [0, 0.1) is 0 Å². The van der Waals surface area contributed by atoms with Gasteiger partial charge >= 0.3 is 0 Å². The van der Waals surface area contributed by atoms with E-state index in [2.05, 4.69) is 5.32 Å². The fourth-order valence-electron chi connectivity index (χ4n) is 6.96. The van der Waals surface area contributed by atoms with Crippen LogP contribution in [-0.2, 0) is 47.4 Å². The van der Waals surface area contributed by atoms with Crippen LogP contribution in [0.1, 0.15) is 20.8 Å². The summed E-state index contributed by atoms with van der Waals surface area (Å²) in [6.45, 7) is -0.977. The minimum Gasteiger partial charge on any atom is -0.394 e. The number of carbonyl (C=O) groups excluding carboxylic acids is 1. The van der Waals surface area contributed by atoms with Gasteiger partial charge in [0.25, 0.3) is 0 Å². The Morgan fingerprint density at radius 3 is 1.75 bits per heavy atom. The maximum atomic E-state index is 12.6. The van der Waals surface area contributed by atoms with Crippen molar-refractivity contribution in [3.8, 4) is 0 Å². The number of rotatable bonds is 18. The van der Waals surface area contributed by atoms with Gasteiger partial charge in [-0.25, -0.2) is 0 Å². The first-order valence-electron chi connectivity index (χ1n) is 18.8. The third-order valence-electron chi connectivity index (χ3n) is 10.4. The van der Waals surface area contributed by atoms with Crippen LogP contribution in [0.25, 0.3) is 0 Å². The second kappa shape index (κ2) is 22.2. The summed E-state index contributed by atoms with van der Waals surface area (Å²) < 4.78 is 51.1. The summed E-state index contributed by atoms with van der Waals surface area (Å²) in [7, 11) is 0. The van der Waals surface area contributed by atoms with Crippen molar-refractivity contribution in [1.29, 1.82) is 0 Å². The average Bonchev–Trinajstić information content (AvgIpc) is 3.21. The number of aliphatic hydroxyl groups excluding tert-OH is 15. The molecule has 59 heavy (non-hydrogen) atoms. The normalized spacial score (nSPS) is 45.3. The van der Waals surface area contributed by atoms with E-state index in [1.165, 1.54) is 13.8 Å². The molecular weight excluding hydrogens is 810 g/mol. The molecule has 4 fully saturated rings. The lowest BCUT2D eigenvalue weighted by Gasteiger charge is -2.49. The molecule has 26 nitrogen and oxygen atoms in total. The first-order valence-corrected chi connectivity index (χ1v) is 18.8. The molecule has 0 aromatic heterocycles. The van der Waals surface area contributed by atoms with Gasteiger partial charge in [0.1, 0.15) is 110 Å². The topological polar surface area (TPSA) is 416 Å². The Bertz CT molecular complexity index is 1270. The summed E-state index contributed by atoms with van der Waals surface area (Å²) in [4.78, 5) is 12.6. The highest BCUT2D eigenvalue weighted by Gasteiger charge is 2.55. The molecule has 4 aliphatic heterocycles. The van der Waals surface area contributed by atoms with Gasteiger partial charge in [-0.2, -0.15) is 0 Å². The van der Waals surface area contributed by atoms with E-state index < -0.39 is 186 Å². The number of carbonyl (C=O) groups is 1. The molecule has 1 amide bonds. The molecule has 4 heterocycles. The molecule has 346 valence electrons. The van der Waals surface area contributed by atoms with Crippen molar-refractivity contribution in [3.05, 3.63) is 0 Å². The van der Waals surface area contributed by atoms with Crippen LogP contribution in [0.2, 0.25) is 0 Å². The zero-order valence-corrected chi connectivity index (χ0v) is 32.2. The second-order valence-corrected chi connectivity index (χ2v) is 14.7. The number of hydrogen-bond donors (Lipinski definition) is 16. The summed E-state index contributed by atoms with van der Waals surface area (Å²) in [6, 6.07) is -1.70. The molecule has 0 radical (unpaired) electrons. The van der Waals surface area contributed by atoms with E-state index in [0.29, 0.717) is 0 Å². The Hall–Kier alpha value is -1.49. The Morgan fingerprint density at radius 1 is 0.610 bits per heavy atom. The smallest absolute Gasteiger partial charge is 0.217 e. The quantitative estimate of drug-likeness (QED) is 0.0569. The molecule has 10 unspecified atom stereocenters. The largest absolute Gasteiger partial charge is 0.394 e. The molecule has 0 spiro atoms. The number of nitrogens with one attached hydrogen (secondary N) is 1. The van der Waals surface area contributed by atoms with Crippen molar-refractivity contribution in [1.82, 2.24) is 5.32 Å². The average molecular weight is 870 g/mol. The molecular formula is C33H59NO25. The second-order valence-electron chi connectivity index (χ2n) is 14.7. The molecule has 0 aromatic rings. The van der Waals surface area contributed by atoms with Gasteiger partial charge in [-0.1, -0.05) is 0 Å². The van der Waals surface area contributed by atoms with E-state index in [0.717, 1.165) is 6.92 Å². The molecule has 4 rings (SSSR count). The van der Waals surface area contributed by atoms with Gasteiger partial charge in [0, 0.05) is 6.92 Å². The Kier molecular flexibility index (Phi) is 18.9. The molecule has 4 saturated heterocycles. The first kappa shape index (κ1) is 50.2. The van der Waals surface area contributed by atoms with Gasteiger partial charge in [-0.15, -0.1) is 0 Å². The van der Waals surface area contributed by atoms with Crippen LogP contribution in [0.4, 0.5) is 0 Å². The monoisotopic (exact) mass is 869 g/mol. The van der Waals surface area contributed by atoms with E-state index in [1.807, 2.05) is 0 Å². The summed E-state index contributed by atoms with van der Waals surface area (Å²) in [5.41, 5.74) is 0. The lowest BCUT2D eigenvalue weighted by atomic mass is 9.94. The predicted molar refractivity (Wildman–Crippen MR) is 183 cm³/mol. The standard InChI is InChI=1S/C33H59NO25/c1-9-18(42)21(45)24(48)32(51-9)52-10(2)30(54-13(5-36)12(41)4-35)58-27-17(34-11(3)40)31(55-14(6-37)19(27)43)59-28-20(44)15(7-38)56-33(25(28)49)57-26-16(8-39)53-29(50)23(47)22(26)46/h9-10,12-33,35-39,41-50H,4-8H2,1-3H3,(H,34,40)/t9?,10-,12+,13?,14?,15?,16?,17-,18+,19+,20-,21?,22?,23-,24-,25?,26+,27?,28-,29?,30-,31-,32-,33-/m0/s1. The van der Waals surface area contributed by atoms with Crippen molar-refractivity contribution >= 4 is 5.91 Å². The first-order chi connectivity index (χ1) is 27.8. The molecule has 0 bridgehead atoms. The van der Waals surface area contributed by atoms with Gasteiger partial charge in [-0.3, -0.25) is 4.79 Å². The molecule has 0 aliphatic carbocycles. The highest BCUT2D eigenvalue weighted by Crippen LogP contribution is 2.34. The number of ether oxygens (including phenoxy) is 9. The molecule has 26 heteroatoms. The maximum absolute atomic E-state index is 12.6. The van der Waals surface area contributed by atoms with E-state index in [4.69, 9.17) is 42.6 Å². The van der Waals surface area contributed by atoms with Crippen LogP contribution in [0.5, 0.6) is 0 Å². The van der Waals surface area contributed by atoms with Crippen molar-refractivity contribution in [3.63, 3.8) is 0 Å². The number of hydrogen-bond acceptors (Lipinski definition) is 25. The van der Waals surface area contributed by atoms with Gasteiger partial charge in [-0.05, 0) is 13.8 Å². The predicted octanol–water partition coefficient (Wildman–Crippen LogP) is -10.1. The fraction of sp³-hybridized carbons (Fsp3) is 0.970. The lowest BCUT2D eigenvalue weighted by Crippen LogP contribution is -2.69. The summed E-state index contributed by atoms with van der Waals surface area (Å²) in [5, 5.41) is 158. The van der Waals surface area contributed by atoms with E-state index in [9.17, 15) is 81.4 Å². The van der Waals surface area contributed by atoms with E-state index in [1.54, 1.807) is 0 Å². The highest BCUT2D eigenvalue weighted by molar-refractivity contribution is 5.73. The van der Waals surface area contributed by atoms with Crippen molar-refractivity contribution in [2.24, 2.45) is 0 Å². The third-order valence-corrected chi connectivity index (χ3v) is 10.4. The fourth-order valence-corrected chi connectivity index (χ4v) is 6.96. The SMILES string of the molecule is CC(=O)N[C@H]1C(O[C@H](OC(CO)[C@H](O)CO)[C@H](C)O[C@@H]2OC(C)[C@@H](O)C(O)[C@@H]2O)[C@H](O)C(CO)O[C@H]1O[C@@H]1C(O)[C@H](O[C@@H]2C(CO)OC(O)[C@@H](O)C2O)OC(CO)[C@@H]1O. The van der Waals surface area contributed by atoms with Gasteiger partial charge in [0.05, 0.1) is 39.1 Å². The minimum atomic E-state index is -2.10. The summed E-state index contributed by atoms with van der Waals surface area (Å²) in [5.74, 6) is -0.814. The van der Waals surface area contributed by atoms with E-state index >= 15 is 0 Å². The molecule has 0 aromatic carbocycles. The molecule has 4 aliphatic rings. The van der Waals surface area contributed by atoms with Crippen LogP contribution in [0.15, 0.2) is 0 Å². The van der Waals surface area contributed by atoms with E-state index in [-0.39, 0.29) is 0 Å². The Labute approximate surface area is 336 Å². The van der Waals surface area contributed by atoms with Gasteiger partial charge < -0.3 is 125 Å². The number of amides is 1. The lowest BCUT2D eigenvalue weighted by molar-refractivity contribution is -0.378. The van der Waals surface area contributed by atoms with Crippen molar-refractivity contribution in [2.45, 2.75) is 168 Å². The van der Waals surface area contributed by atoms with Gasteiger partial charge in [0.15, 0.2) is 31.5 Å². The number of aliphatic hydroxyl groups is 15. The van der Waals surface area contributed by atoms with Crippen LogP contribution >= 0.6 is 0 Å². The minimum absolute atomic E-state index is 0.814. The molecule has 24 atom stereocenters. The zero-order valence-electron chi connectivity index (χ0n) is 32.2. The highest BCUT2D eigenvalue weighted by atomic mass is 16.8. The molecule has 0 saturated carbocycles. The summed E-state index contributed by atoms with van der Waals surface area (Å²) >= 11 is 0. The van der Waals surface area contributed by atoms with Crippen LogP contribution < -0.4 is 5.32 Å². The maximum Gasteiger partial charge on any atom is 0.217 e. The molecule has 16 N–H and O–H groups in total. The van der Waals surface area contributed by atoms with Crippen LogP contribution in [0.3, 0.4) is 0 Å². The van der Waals surface area contributed by atoms with Crippen molar-refractivity contribution in [2.75, 3.05) is 33.0 Å². The van der Waals surface area contributed by atoms with Crippen molar-refractivity contribution < 1.29 is 124 Å². The van der Waals surface area contributed by atoms with Crippen LogP contribution in [-0.4, -0.2) is 263 Å². The van der Waals surface area contributed by atoms with Gasteiger partial charge in [0.2, 0.25) is 5.91 Å². The zero-order chi connectivity index (χ0) is 44.0. The summed E-state index contributed by atoms with van der Waals surface area (Å²) in [6.07, 6.45) is -40.4. The Balaban J connectivity index is 1.67.